The van der Waals surface area contributed by atoms with E-state index in [-0.39, 0.29) is 29.7 Å². The van der Waals surface area contributed by atoms with E-state index in [0.717, 1.165) is 6.42 Å². The number of thiophene rings is 1. The third-order valence-corrected chi connectivity index (χ3v) is 8.18. The first-order valence-corrected chi connectivity index (χ1v) is 10.8. The van der Waals surface area contributed by atoms with Crippen molar-refractivity contribution in [1.82, 2.24) is 9.62 Å². The smallest absolute Gasteiger partial charge is 0.254 e. The summed E-state index contributed by atoms with van der Waals surface area (Å²) in [4.78, 5) is 14.5. The molecule has 5 nitrogen and oxygen atoms in total. The van der Waals surface area contributed by atoms with Gasteiger partial charge in [-0.1, -0.05) is 12.1 Å². The minimum Gasteiger partial charge on any atom is -0.335 e. The number of sulfonamides is 1. The molecule has 2 aromatic rings. The third-order valence-electron chi connectivity index (χ3n) is 5.29. The highest BCUT2D eigenvalue weighted by molar-refractivity contribution is 7.91. The van der Waals surface area contributed by atoms with Crippen LogP contribution in [0.2, 0.25) is 0 Å². The molecule has 0 spiro atoms. The zero-order chi connectivity index (χ0) is 18.5. The van der Waals surface area contributed by atoms with E-state index in [1.165, 1.54) is 17.4 Å². The van der Waals surface area contributed by atoms with Gasteiger partial charge >= 0.3 is 0 Å². The van der Waals surface area contributed by atoms with Crippen molar-refractivity contribution in [2.45, 2.75) is 36.1 Å². The molecule has 1 amide bonds. The second-order valence-electron chi connectivity index (χ2n) is 6.97. The van der Waals surface area contributed by atoms with Crippen LogP contribution >= 0.6 is 11.3 Å². The predicted octanol–water partition coefficient (Wildman–Crippen LogP) is 2.78. The number of benzene rings is 1. The number of rotatable bonds is 4. The topological polar surface area (TPSA) is 66.5 Å². The van der Waals surface area contributed by atoms with Crippen LogP contribution in [0.15, 0.2) is 39.9 Å². The number of halogens is 1. The fourth-order valence-electron chi connectivity index (χ4n) is 3.91. The molecule has 8 heteroatoms. The lowest BCUT2D eigenvalue weighted by atomic mass is 10.0. The fourth-order valence-corrected chi connectivity index (χ4v) is 6.24. The third kappa shape index (κ3) is 3.06. The Morgan fingerprint density at radius 2 is 2.12 bits per heavy atom. The Morgan fingerprint density at radius 3 is 2.73 bits per heavy atom. The van der Waals surface area contributed by atoms with Crippen molar-refractivity contribution >= 4 is 27.3 Å². The largest absolute Gasteiger partial charge is 0.335 e. The van der Waals surface area contributed by atoms with Gasteiger partial charge in [-0.3, -0.25) is 4.79 Å². The number of likely N-dealkylation sites (tertiary alicyclic amines) is 1. The van der Waals surface area contributed by atoms with E-state index in [9.17, 15) is 17.6 Å². The van der Waals surface area contributed by atoms with Gasteiger partial charge < -0.3 is 4.90 Å². The maximum absolute atomic E-state index is 13.8. The number of hydrogen-bond donors (Lipinski definition) is 1. The molecule has 2 aliphatic rings. The number of carbonyl (C=O) groups is 1. The molecule has 138 valence electrons. The normalized spacial score (nSPS) is 25.0. The molecule has 1 aliphatic heterocycles. The highest BCUT2D eigenvalue weighted by Crippen LogP contribution is 2.39. The minimum atomic E-state index is -3.51. The van der Waals surface area contributed by atoms with Crippen LogP contribution in [0.25, 0.3) is 0 Å². The Morgan fingerprint density at radius 1 is 1.31 bits per heavy atom. The molecule has 2 heterocycles. The summed E-state index contributed by atoms with van der Waals surface area (Å²) in [5.41, 5.74) is 0.851. The van der Waals surface area contributed by atoms with Gasteiger partial charge in [0, 0.05) is 24.2 Å². The summed E-state index contributed by atoms with van der Waals surface area (Å²) in [6.45, 7) is 2.16. The van der Waals surface area contributed by atoms with Gasteiger partial charge in [0.05, 0.1) is 0 Å². The molecule has 1 N–H and O–H groups in total. The van der Waals surface area contributed by atoms with Gasteiger partial charge in [0.2, 0.25) is 10.0 Å². The van der Waals surface area contributed by atoms with Crippen molar-refractivity contribution in [2.75, 3.05) is 6.54 Å². The van der Waals surface area contributed by atoms with E-state index >= 15 is 0 Å². The molecule has 2 fully saturated rings. The molecular weight excluding hydrogens is 375 g/mol. The Labute approximate surface area is 155 Å². The van der Waals surface area contributed by atoms with E-state index in [2.05, 4.69) is 4.72 Å². The highest BCUT2D eigenvalue weighted by atomic mass is 32.2. The molecule has 4 rings (SSSR count). The Kier molecular flexibility index (Phi) is 4.37. The Balaban J connectivity index is 1.45. The summed E-state index contributed by atoms with van der Waals surface area (Å²) >= 11 is 1.19. The monoisotopic (exact) mass is 394 g/mol. The first-order chi connectivity index (χ1) is 12.3. The van der Waals surface area contributed by atoms with Gasteiger partial charge in [-0.15, -0.1) is 11.3 Å². The van der Waals surface area contributed by atoms with Gasteiger partial charge in [0.25, 0.3) is 5.91 Å². The lowest BCUT2D eigenvalue weighted by molar-refractivity contribution is 0.0691. The van der Waals surface area contributed by atoms with E-state index in [0.29, 0.717) is 28.3 Å². The number of nitrogens with one attached hydrogen (secondary N) is 1. The molecule has 3 unspecified atom stereocenters. The van der Waals surface area contributed by atoms with Crippen molar-refractivity contribution in [3.8, 4) is 0 Å². The quantitative estimate of drug-likeness (QED) is 0.867. The molecule has 1 saturated heterocycles. The fraction of sp³-hybridized carbons (Fsp3) is 0.389. The summed E-state index contributed by atoms with van der Waals surface area (Å²) in [5, 5.41) is 1.73. The molecule has 2 bridgehead atoms. The van der Waals surface area contributed by atoms with Gasteiger partial charge in [-0.2, -0.15) is 0 Å². The first-order valence-electron chi connectivity index (χ1n) is 8.48. The Bertz CT molecular complexity index is 943. The molecule has 1 aromatic carbocycles. The van der Waals surface area contributed by atoms with Crippen LogP contribution in [-0.2, 0) is 10.0 Å². The molecule has 0 radical (unpaired) electrons. The molecule has 1 aromatic heterocycles. The van der Waals surface area contributed by atoms with Gasteiger partial charge in [0.1, 0.15) is 10.0 Å². The summed E-state index contributed by atoms with van der Waals surface area (Å²) in [6.07, 6.45) is 1.37. The molecule has 3 atom stereocenters. The van der Waals surface area contributed by atoms with E-state index in [1.807, 2.05) is 0 Å². The number of carbonyl (C=O) groups excluding carboxylic acids is 1. The van der Waals surface area contributed by atoms with E-state index < -0.39 is 10.0 Å². The van der Waals surface area contributed by atoms with Crippen LogP contribution in [0.4, 0.5) is 4.39 Å². The first kappa shape index (κ1) is 17.6. The minimum absolute atomic E-state index is 0.00657. The molecule has 1 saturated carbocycles. The Hall–Kier alpha value is -1.77. The number of piperidine rings is 1. The van der Waals surface area contributed by atoms with Gasteiger partial charge in [-0.25, -0.2) is 17.5 Å². The maximum Gasteiger partial charge on any atom is 0.254 e. The van der Waals surface area contributed by atoms with Crippen LogP contribution in [0.5, 0.6) is 0 Å². The number of hydrogen-bond acceptors (Lipinski definition) is 4. The number of nitrogens with zero attached hydrogens (tertiary/aromatic N) is 1. The zero-order valence-electron chi connectivity index (χ0n) is 14.2. The van der Waals surface area contributed by atoms with Crippen molar-refractivity contribution in [2.24, 2.45) is 5.92 Å². The van der Waals surface area contributed by atoms with Crippen molar-refractivity contribution in [3.63, 3.8) is 0 Å². The lowest BCUT2D eigenvalue weighted by Crippen LogP contribution is -2.47. The standard InChI is InChI=1S/C18H19FN2O3S2/c1-11-4-5-12(8-15(11)19)18(22)21-10-13-7-14(21)9-16(13)20-26(23,24)17-3-2-6-25-17/h2-6,8,13-14,16,20H,7,9-10H2,1H3. The average Bonchev–Trinajstić information content (AvgIpc) is 3.32. The summed E-state index contributed by atoms with van der Waals surface area (Å²) in [6, 6.07) is 7.65. The predicted molar refractivity (Wildman–Crippen MR) is 97.1 cm³/mol. The van der Waals surface area contributed by atoms with Gasteiger partial charge in [0.15, 0.2) is 0 Å². The molecular formula is C18H19FN2O3S2. The second-order valence-corrected chi connectivity index (χ2v) is 9.86. The summed E-state index contributed by atoms with van der Waals surface area (Å²) in [5.74, 6) is -0.480. The average molecular weight is 394 g/mol. The summed E-state index contributed by atoms with van der Waals surface area (Å²) < 4.78 is 41.7. The van der Waals surface area contributed by atoms with Crippen molar-refractivity contribution in [1.29, 1.82) is 0 Å². The lowest BCUT2D eigenvalue weighted by Gasteiger charge is -2.31. The van der Waals surface area contributed by atoms with Crippen molar-refractivity contribution < 1.29 is 17.6 Å². The SMILES string of the molecule is Cc1ccc(C(=O)N2CC3CC2CC3NS(=O)(=O)c2cccs2)cc1F. The number of amides is 1. The second kappa shape index (κ2) is 6.44. The molecule has 26 heavy (non-hydrogen) atoms. The van der Waals surface area contributed by atoms with Crippen LogP contribution in [-0.4, -0.2) is 37.9 Å². The van der Waals surface area contributed by atoms with Crippen LogP contribution in [0.1, 0.15) is 28.8 Å². The number of fused-ring (bicyclic) bond motifs is 2. The van der Waals surface area contributed by atoms with Gasteiger partial charge in [-0.05, 0) is 54.8 Å². The highest BCUT2D eigenvalue weighted by Gasteiger charge is 2.47. The van der Waals surface area contributed by atoms with Crippen LogP contribution in [0, 0.1) is 18.7 Å². The van der Waals surface area contributed by atoms with Crippen LogP contribution < -0.4 is 4.72 Å². The maximum atomic E-state index is 13.8. The summed E-state index contributed by atoms with van der Waals surface area (Å²) in [7, 11) is -3.51. The van der Waals surface area contributed by atoms with Crippen molar-refractivity contribution in [3.05, 3.63) is 52.7 Å². The molecule has 1 aliphatic carbocycles. The van der Waals surface area contributed by atoms with E-state index in [4.69, 9.17) is 0 Å². The number of aryl methyl sites for hydroxylation is 1. The zero-order valence-corrected chi connectivity index (χ0v) is 15.8. The van der Waals surface area contributed by atoms with Crippen LogP contribution in [0.3, 0.4) is 0 Å². The van der Waals surface area contributed by atoms with E-state index in [1.54, 1.807) is 41.5 Å².